The fourth-order valence-corrected chi connectivity index (χ4v) is 4.95. The number of benzene rings is 3. The van der Waals surface area contributed by atoms with E-state index in [1.54, 1.807) is 4.90 Å². The molecular weight excluding hydrogens is 452 g/mol. The first-order valence-electron chi connectivity index (χ1n) is 10.9. The number of halogens is 1. The van der Waals surface area contributed by atoms with Crippen molar-refractivity contribution >= 4 is 40.9 Å². The number of aryl methyl sites for hydroxylation is 1. The molecule has 4 rings (SSSR count). The van der Waals surface area contributed by atoms with Crippen LogP contribution in [0.3, 0.4) is 0 Å². The van der Waals surface area contributed by atoms with Gasteiger partial charge in [0.05, 0.1) is 17.1 Å². The Bertz CT molecular complexity index is 1180. The largest absolute Gasteiger partial charge is 0.350 e. The van der Waals surface area contributed by atoms with E-state index in [1.165, 1.54) is 23.4 Å². The minimum atomic E-state index is -0.261. The van der Waals surface area contributed by atoms with Crippen molar-refractivity contribution in [2.45, 2.75) is 37.2 Å². The van der Waals surface area contributed by atoms with Gasteiger partial charge in [0, 0.05) is 22.0 Å². The van der Waals surface area contributed by atoms with Crippen LogP contribution in [-0.2, 0) is 22.6 Å². The van der Waals surface area contributed by atoms with Crippen LogP contribution >= 0.6 is 23.4 Å². The van der Waals surface area contributed by atoms with Crippen LogP contribution in [-0.4, -0.2) is 17.9 Å². The monoisotopic (exact) mass is 476 g/mol. The maximum absolute atomic E-state index is 13.3. The second-order valence-electron chi connectivity index (χ2n) is 7.99. The third-order valence-electron chi connectivity index (χ3n) is 5.48. The van der Waals surface area contributed by atoms with Gasteiger partial charge in [0.1, 0.15) is 0 Å². The summed E-state index contributed by atoms with van der Waals surface area (Å²) in [6.07, 6.45) is 3.12. The molecule has 1 atom stereocenters. The lowest BCUT2D eigenvalue weighted by atomic mass is 10.1. The number of carbonyl (C=O) groups excluding carboxylic acids is 2. The van der Waals surface area contributed by atoms with Crippen LogP contribution < -0.4 is 10.2 Å². The maximum atomic E-state index is 13.3. The number of nitrogens with zero attached hydrogens (tertiary/aromatic N) is 1. The Morgan fingerprint density at radius 1 is 1.03 bits per heavy atom. The molecule has 1 aliphatic rings. The quantitative estimate of drug-likeness (QED) is 0.425. The number of para-hydroxylation sites is 1. The average Bonchev–Trinajstić information content (AvgIpc) is 2.82. The molecule has 0 radical (unpaired) electrons. The van der Waals surface area contributed by atoms with E-state index in [2.05, 4.69) is 17.4 Å². The fraction of sp³-hybridized carbons (Fsp3) is 0.185. The van der Waals surface area contributed by atoms with Gasteiger partial charge in [0.25, 0.3) is 5.91 Å². The standard InChI is InChI=1S/C27H25ClN2O2S/c1-19(15-16-20-9-3-2-4-10-20)29-26(31)17-25-27(32)30(18-21-11-5-6-12-22(21)28)23-13-7-8-14-24(23)33-25/h2-14,17,19H,15-16,18H2,1H3,(H,29,31). The molecule has 0 saturated carbocycles. The summed E-state index contributed by atoms with van der Waals surface area (Å²) >= 11 is 7.67. The first-order valence-corrected chi connectivity index (χ1v) is 12.1. The van der Waals surface area contributed by atoms with Gasteiger partial charge in [-0.2, -0.15) is 0 Å². The molecule has 3 aromatic carbocycles. The summed E-state index contributed by atoms with van der Waals surface area (Å²) in [6, 6.07) is 25.4. The van der Waals surface area contributed by atoms with E-state index in [1.807, 2.05) is 73.7 Å². The van der Waals surface area contributed by atoms with Gasteiger partial charge in [-0.15, -0.1) is 0 Å². The third-order valence-corrected chi connectivity index (χ3v) is 6.92. The van der Waals surface area contributed by atoms with E-state index in [9.17, 15) is 9.59 Å². The molecule has 0 fully saturated rings. The van der Waals surface area contributed by atoms with Gasteiger partial charge >= 0.3 is 0 Å². The highest BCUT2D eigenvalue weighted by Crippen LogP contribution is 2.42. The first kappa shape index (κ1) is 23.1. The number of nitrogens with one attached hydrogen (secondary N) is 1. The van der Waals surface area contributed by atoms with Crippen LogP contribution in [0.4, 0.5) is 5.69 Å². The van der Waals surface area contributed by atoms with E-state index >= 15 is 0 Å². The Hall–Kier alpha value is -3.02. The highest BCUT2D eigenvalue weighted by Gasteiger charge is 2.30. The van der Waals surface area contributed by atoms with Crippen molar-refractivity contribution in [3.05, 3.63) is 106 Å². The van der Waals surface area contributed by atoms with Crippen molar-refractivity contribution in [2.75, 3.05) is 4.90 Å². The molecule has 1 unspecified atom stereocenters. The maximum Gasteiger partial charge on any atom is 0.265 e. The van der Waals surface area contributed by atoms with Crippen LogP contribution in [0.2, 0.25) is 5.02 Å². The van der Waals surface area contributed by atoms with Crippen molar-refractivity contribution in [1.29, 1.82) is 0 Å². The topological polar surface area (TPSA) is 49.4 Å². The molecule has 0 spiro atoms. The summed E-state index contributed by atoms with van der Waals surface area (Å²) < 4.78 is 0. The molecule has 6 heteroatoms. The second kappa shape index (κ2) is 10.7. The van der Waals surface area contributed by atoms with Crippen molar-refractivity contribution in [2.24, 2.45) is 0 Å². The summed E-state index contributed by atoms with van der Waals surface area (Å²) in [6.45, 7) is 2.32. The third kappa shape index (κ3) is 5.86. The summed E-state index contributed by atoms with van der Waals surface area (Å²) in [5.41, 5.74) is 2.91. The van der Waals surface area contributed by atoms with E-state index in [-0.39, 0.29) is 17.9 Å². The zero-order valence-corrected chi connectivity index (χ0v) is 19.9. The molecule has 0 aliphatic carbocycles. The zero-order chi connectivity index (χ0) is 23.2. The molecule has 3 aromatic rings. The van der Waals surface area contributed by atoms with Crippen molar-refractivity contribution in [3.8, 4) is 0 Å². The van der Waals surface area contributed by atoms with Gasteiger partial charge in [-0.1, -0.05) is 84.0 Å². The lowest BCUT2D eigenvalue weighted by Crippen LogP contribution is -2.36. The summed E-state index contributed by atoms with van der Waals surface area (Å²) in [7, 11) is 0. The van der Waals surface area contributed by atoms with Crippen molar-refractivity contribution in [1.82, 2.24) is 5.32 Å². The molecule has 33 heavy (non-hydrogen) atoms. The van der Waals surface area contributed by atoms with Crippen LogP contribution in [0.5, 0.6) is 0 Å². The lowest BCUT2D eigenvalue weighted by Gasteiger charge is -2.30. The fourth-order valence-electron chi connectivity index (χ4n) is 3.72. The molecule has 1 aliphatic heterocycles. The SMILES string of the molecule is CC(CCc1ccccc1)NC(=O)C=C1Sc2ccccc2N(Cc2ccccc2Cl)C1=O. The number of rotatable bonds is 7. The first-order chi connectivity index (χ1) is 16.0. The Morgan fingerprint density at radius 3 is 2.52 bits per heavy atom. The van der Waals surface area contributed by atoms with Crippen LogP contribution in [0.1, 0.15) is 24.5 Å². The van der Waals surface area contributed by atoms with Gasteiger partial charge < -0.3 is 10.2 Å². The average molecular weight is 477 g/mol. The Kier molecular flexibility index (Phi) is 7.53. The van der Waals surface area contributed by atoms with Crippen LogP contribution in [0.15, 0.2) is 94.7 Å². The zero-order valence-electron chi connectivity index (χ0n) is 18.3. The molecule has 0 bridgehead atoms. The molecule has 1 heterocycles. The summed E-state index contributed by atoms with van der Waals surface area (Å²) in [5, 5.41) is 3.60. The number of amides is 2. The van der Waals surface area contributed by atoms with Crippen LogP contribution in [0, 0.1) is 0 Å². The number of carbonyl (C=O) groups is 2. The Morgan fingerprint density at radius 2 is 1.73 bits per heavy atom. The van der Waals surface area contributed by atoms with Gasteiger partial charge in [0.15, 0.2) is 0 Å². The van der Waals surface area contributed by atoms with Gasteiger partial charge in [-0.25, -0.2) is 0 Å². The highest BCUT2D eigenvalue weighted by molar-refractivity contribution is 8.04. The minimum Gasteiger partial charge on any atom is -0.350 e. The minimum absolute atomic E-state index is 0.00948. The van der Waals surface area contributed by atoms with Gasteiger partial charge in [0.2, 0.25) is 5.91 Å². The van der Waals surface area contributed by atoms with Crippen molar-refractivity contribution in [3.63, 3.8) is 0 Å². The van der Waals surface area contributed by atoms with E-state index in [0.717, 1.165) is 29.0 Å². The molecule has 0 saturated heterocycles. The van der Waals surface area contributed by atoms with E-state index in [0.29, 0.717) is 16.5 Å². The molecule has 4 nitrogen and oxygen atoms in total. The number of anilines is 1. The second-order valence-corrected chi connectivity index (χ2v) is 9.49. The van der Waals surface area contributed by atoms with Gasteiger partial charge in [-0.05, 0) is 49.1 Å². The lowest BCUT2D eigenvalue weighted by molar-refractivity contribution is -0.118. The molecule has 0 aromatic heterocycles. The highest BCUT2D eigenvalue weighted by atomic mass is 35.5. The Balaban J connectivity index is 1.48. The predicted octanol–water partition coefficient (Wildman–Crippen LogP) is 6.00. The smallest absolute Gasteiger partial charge is 0.265 e. The number of hydrogen-bond acceptors (Lipinski definition) is 3. The van der Waals surface area contributed by atoms with E-state index in [4.69, 9.17) is 11.6 Å². The van der Waals surface area contributed by atoms with Crippen LogP contribution in [0.25, 0.3) is 0 Å². The normalized spacial score (nSPS) is 15.3. The summed E-state index contributed by atoms with van der Waals surface area (Å²) in [4.78, 5) is 29.1. The van der Waals surface area contributed by atoms with Gasteiger partial charge in [-0.3, -0.25) is 9.59 Å². The van der Waals surface area contributed by atoms with E-state index < -0.39 is 0 Å². The predicted molar refractivity (Wildman–Crippen MR) is 135 cm³/mol. The number of fused-ring (bicyclic) bond motifs is 1. The molecule has 168 valence electrons. The number of thioether (sulfide) groups is 1. The Labute approximate surface area is 203 Å². The summed E-state index contributed by atoms with van der Waals surface area (Å²) in [5.74, 6) is -0.464. The molecular formula is C27H25ClN2O2S. The molecule has 2 amide bonds. The van der Waals surface area contributed by atoms with Crippen molar-refractivity contribution < 1.29 is 9.59 Å². The number of hydrogen-bond donors (Lipinski definition) is 1. The molecule has 1 N–H and O–H groups in total.